The molecule has 0 radical (unpaired) electrons. The van der Waals surface area contributed by atoms with Gasteiger partial charge in [-0.25, -0.2) is 19.9 Å². The number of rotatable bonds is 2. The molecular weight excluding hydrogens is 1210 g/mol. The number of hydrogen-bond donors (Lipinski definition) is 2. The minimum Gasteiger partial charge on any atom is -0.502 e. The minimum absolute atomic E-state index is 0. The Kier molecular flexibility index (Phi) is 14.6. The molecule has 4 aromatic carbocycles. The normalized spacial score (nSPS) is 14.4. The molecule has 0 amide bonds. The minimum atomic E-state index is -0.0412. The molecule has 0 fully saturated rings. The molecule has 0 unspecified atom stereocenters. The second-order valence-electron chi connectivity index (χ2n) is 17.8. The monoisotopic (exact) mass is 1260 g/mol. The topological polar surface area (TPSA) is 105 Å². The van der Waals surface area contributed by atoms with Gasteiger partial charge in [0.25, 0.3) is 0 Å². The molecule has 68 heavy (non-hydrogen) atoms. The number of aryl methyl sites for hydroxylation is 2. The summed E-state index contributed by atoms with van der Waals surface area (Å²) in [6.07, 6.45) is 3.68. The molecule has 0 bridgehead atoms. The van der Waals surface area contributed by atoms with Crippen LogP contribution in [0.1, 0.15) is 61.3 Å². The van der Waals surface area contributed by atoms with Gasteiger partial charge in [-0.05, 0) is 86.3 Å². The van der Waals surface area contributed by atoms with Crippen molar-refractivity contribution in [2.45, 2.75) is 52.4 Å². The van der Waals surface area contributed by atoms with Crippen LogP contribution >= 0.6 is 0 Å². The molecule has 0 saturated heterocycles. The Balaban J connectivity index is 0.000000149. The van der Waals surface area contributed by atoms with Crippen LogP contribution in [-0.2, 0) is 53.0 Å². The molecule has 4 aromatic heterocycles. The zero-order valence-electron chi connectivity index (χ0n) is 39.1. The van der Waals surface area contributed by atoms with Crippen molar-refractivity contribution in [1.29, 1.82) is 0 Å². The van der Waals surface area contributed by atoms with E-state index in [2.05, 4.69) is 178 Å². The molecule has 348 valence electrons. The maximum atomic E-state index is 8.70. The Morgan fingerprint density at radius 2 is 0.868 bits per heavy atom. The van der Waals surface area contributed by atoms with E-state index < -0.39 is 0 Å². The van der Waals surface area contributed by atoms with E-state index in [1.165, 1.54) is 44.5 Å². The predicted molar refractivity (Wildman–Crippen MR) is 265 cm³/mol. The van der Waals surface area contributed by atoms with Crippen LogP contribution in [0.25, 0.3) is 22.3 Å². The molecule has 10 nitrogen and oxygen atoms in total. The summed E-state index contributed by atoms with van der Waals surface area (Å²) in [7, 11) is 4.10. The van der Waals surface area contributed by atoms with Crippen molar-refractivity contribution in [3.05, 3.63) is 205 Å². The number of anilines is 6. The van der Waals surface area contributed by atoms with E-state index in [0.29, 0.717) is 0 Å². The number of hydrogen-bond acceptors (Lipinski definition) is 10. The van der Waals surface area contributed by atoms with Crippen LogP contribution in [0.3, 0.4) is 0 Å². The molecule has 12 heteroatoms. The van der Waals surface area contributed by atoms with Gasteiger partial charge in [0.2, 0.25) is 11.8 Å². The fourth-order valence-corrected chi connectivity index (χ4v) is 9.17. The zero-order chi connectivity index (χ0) is 46.3. The van der Waals surface area contributed by atoms with Gasteiger partial charge in [0.15, 0.2) is 0 Å². The molecule has 0 atom stereocenters. The van der Waals surface area contributed by atoms with E-state index in [9.17, 15) is 0 Å². The summed E-state index contributed by atoms with van der Waals surface area (Å²) in [5.74, 6) is 2.08. The van der Waals surface area contributed by atoms with Crippen LogP contribution in [0.4, 0.5) is 34.4 Å². The Hall–Kier alpha value is -6.34. The number of benzene rings is 4. The van der Waals surface area contributed by atoms with Gasteiger partial charge in [-0.1, -0.05) is 99.5 Å². The van der Waals surface area contributed by atoms with E-state index in [4.69, 9.17) is 10.2 Å². The van der Waals surface area contributed by atoms with Crippen molar-refractivity contribution in [1.82, 2.24) is 19.9 Å². The summed E-state index contributed by atoms with van der Waals surface area (Å²) < 4.78 is 0. The average molecular weight is 1260 g/mol. The molecule has 4 aliphatic rings. The number of aromatic hydroxyl groups is 2. The fourth-order valence-electron chi connectivity index (χ4n) is 9.17. The maximum Gasteiger partial charge on any atom is 2.00 e. The third-order valence-corrected chi connectivity index (χ3v) is 12.5. The van der Waals surface area contributed by atoms with Gasteiger partial charge in [0.05, 0.1) is 0 Å². The Labute approximate surface area is 428 Å². The fraction of sp³-hybridized carbons (Fsp3) is 0.179. The Morgan fingerprint density at radius 1 is 0.471 bits per heavy atom. The van der Waals surface area contributed by atoms with Crippen LogP contribution in [0.15, 0.2) is 146 Å². The summed E-state index contributed by atoms with van der Waals surface area (Å²) in [6, 6.07) is 51.9. The quantitative estimate of drug-likeness (QED) is 0.163. The summed E-state index contributed by atoms with van der Waals surface area (Å²) in [4.78, 5) is 25.0. The van der Waals surface area contributed by atoms with Crippen molar-refractivity contribution in [3.8, 4) is 34.0 Å². The van der Waals surface area contributed by atoms with Crippen molar-refractivity contribution >= 4 is 34.4 Å². The van der Waals surface area contributed by atoms with Crippen LogP contribution in [0.2, 0.25) is 0 Å². The maximum absolute atomic E-state index is 8.70. The number of pyridine rings is 4. The van der Waals surface area contributed by atoms with Gasteiger partial charge >= 0.3 is 42.1 Å². The molecule has 12 rings (SSSR count). The first-order valence-electron chi connectivity index (χ1n) is 21.9. The van der Waals surface area contributed by atoms with Gasteiger partial charge in [-0.2, -0.15) is 37.6 Å². The molecule has 0 saturated carbocycles. The first kappa shape index (κ1) is 49.6. The van der Waals surface area contributed by atoms with Gasteiger partial charge in [0.1, 0.15) is 11.6 Å². The van der Waals surface area contributed by atoms with E-state index >= 15 is 0 Å². The predicted octanol–water partition coefficient (Wildman–Crippen LogP) is 12.0. The first-order chi connectivity index (χ1) is 31.7. The molecular formula is C56H52N8O2Pt2. The standard InChI is InChI=1S/2C22H19N3.2C6H7NO.2Pt/c2*1-22(2)18-8-5-4-7-16(18)17-11-10-15(13-19(17)22)25-14-24(3)20-9-6-12-23-21(20)25;2*1-5-3-2-4-6(8)7-5;;/h2*4-12,14H,1-3H3;2*2-4H,1H3,(H,7,8);;/q2*-2;;;2*+2. The van der Waals surface area contributed by atoms with E-state index in [1.54, 1.807) is 24.3 Å². The third kappa shape index (κ3) is 9.41. The first-order valence-corrected chi connectivity index (χ1v) is 21.9. The number of aromatic nitrogens is 4. The van der Waals surface area contributed by atoms with Crippen LogP contribution in [-0.4, -0.2) is 44.2 Å². The van der Waals surface area contributed by atoms with E-state index in [1.807, 2.05) is 64.6 Å². The average Bonchev–Trinajstić information content (AvgIpc) is 3.98. The van der Waals surface area contributed by atoms with Crippen LogP contribution in [0, 0.1) is 39.3 Å². The van der Waals surface area contributed by atoms with Gasteiger partial charge in [-0.3, -0.25) is 0 Å². The largest absolute Gasteiger partial charge is 2.00 e. The van der Waals surface area contributed by atoms with Gasteiger partial charge < -0.3 is 29.8 Å². The van der Waals surface area contributed by atoms with Crippen molar-refractivity contribution in [3.63, 3.8) is 0 Å². The SMILES string of the molecule is CN1[CH-]N(c2[c-]c3c(cc2)-c2ccccc2C3(C)C)c2ncccc21.CN1[CH-]N(c2[c-]c3c(cc2)-c2ccccc2C3(C)C)c2ncccc21.Cc1cccc(O)n1.Cc1cccc(O)n1.[Pt+2].[Pt+2]. The number of fused-ring (bicyclic) bond motifs is 8. The number of nitrogens with zero attached hydrogens (tertiary/aromatic N) is 8. The van der Waals surface area contributed by atoms with Crippen molar-refractivity contribution in [2.24, 2.45) is 0 Å². The molecule has 0 spiro atoms. The molecule has 8 aromatic rings. The zero-order valence-corrected chi connectivity index (χ0v) is 43.7. The molecule has 2 aliphatic carbocycles. The molecule has 2 aliphatic heterocycles. The summed E-state index contributed by atoms with van der Waals surface area (Å²) in [6.45, 7) is 16.9. The van der Waals surface area contributed by atoms with E-state index in [-0.39, 0.29) is 64.7 Å². The second-order valence-corrected chi connectivity index (χ2v) is 17.8. The van der Waals surface area contributed by atoms with Crippen LogP contribution < -0.4 is 19.6 Å². The smallest absolute Gasteiger partial charge is 0.502 e. The van der Waals surface area contributed by atoms with Crippen molar-refractivity contribution < 1.29 is 52.3 Å². The Bertz CT molecular complexity index is 2850. The van der Waals surface area contributed by atoms with Gasteiger partial charge in [-0.15, -0.1) is 45.8 Å². The summed E-state index contributed by atoms with van der Waals surface area (Å²) in [5, 5.41) is 17.4. The van der Waals surface area contributed by atoms with Crippen molar-refractivity contribution in [2.75, 3.05) is 33.7 Å². The summed E-state index contributed by atoms with van der Waals surface area (Å²) in [5.41, 5.74) is 16.4. The second kappa shape index (κ2) is 20.1. The Morgan fingerprint density at radius 3 is 1.24 bits per heavy atom. The molecule has 6 heterocycles. The van der Waals surface area contributed by atoms with Gasteiger partial charge in [0, 0.05) is 47.3 Å². The molecule has 2 N–H and O–H groups in total. The van der Waals surface area contributed by atoms with Crippen LogP contribution in [0.5, 0.6) is 11.8 Å². The third-order valence-electron chi connectivity index (χ3n) is 12.5. The summed E-state index contributed by atoms with van der Waals surface area (Å²) >= 11 is 0. The van der Waals surface area contributed by atoms with E-state index in [0.717, 1.165) is 45.8 Å².